The monoisotopic (exact) mass is 327 g/mol. The van der Waals surface area contributed by atoms with E-state index < -0.39 is 0 Å². The predicted octanol–water partition coefficient (Wildman–Crippen LogP) is 3.99. The number of furan rings is 1. The lowest BCUT2D eigenvalue weighted by Gasteiger charge is -2.15. The van der Waals surface area contributed by atoms with Gasteiger partial charge < -0.3 is 9.32 Å². The average molecular weight is 328 g/mol. The van der Waals surface area contributed by atoms with E-state index in [4.69, 9.17) is 4.42 Å². The number of aryl methyl sites for hydroxylation is 2. The second-order valence-electron chi connectivity index (χ2n) is 4.19. The van der Waals surface area contributed by atoms with Crippen LogP contribution in [0.25, 0.3) is 0 Å². The number of halogens is 1. The van der Waals surface area contributed by atoms with Crippen LogP contribution in [0, 0.1) is 13.8 Å². The minimum atomic E-state index is -0.00567. The Hall–Kier alpha value is -1.07. The molecule has 3 nitrogen and oxygen atoms in total. The zero-order chi connectivity index (χ0) is 13.3. The minimum absolute atomic E-state index is 0.00567. The van der Waals surface area contributed by atoms with Crippen molar-refractivity contribution in [1.82, 2.24) is 4.90 Å². The van der Waals surface area contributed by atoms with E-state index in [2.05, 4.69) is 15.9 Å². The Bertz CT molecular complexity index is 573. The van der Waals surface area contributed by atoms with Crippen molar-refractivity contribution < 1.29 is 9.21 Å². The van der Waals surface area contributed by atoms with Crippen LogP contribution in [0.4, 0.5) is 0 Å². The Kier molecular flexibility index (Phi) is 3.92. The van der Waals surface area contributed by atoms with Gasteiger partial charge in [0, 0.05) is 11.9 Å². The van der Waals surface area contributed by atoms with Gasteiger partial charge in [-0.3, -0.25) is 4.79 Å². The summed E-state index contributed by atoms with van der Waals surface area (Å²) in [6, 6.07) is 5.80. The van der Waals surface area contributed by atoms with Gasteiger partial charge in [-0.05, 0) is 48.0 Å². The maximum atomic E-state index is 12.2. The van der Waals surface area contributed by atoms with E-state index in [0.29, 0.717) is 17.9 Å². The highest BCUT2D eigenvalue weighted by Gasteiger charge is 2.18. The molecule has 0 saturated heterocycles. The standard InChI is InChI=1S/C13H14BrNO2S/c1-8-6-11(9(2)17-8)13(16)15(3)7-10-4-5-12(14)18-10/h4-6H,7H2,1-3H3. The van der Waals surface area contributed by atoms with Gasteiger partial charge in [-0.25, -0.2) is 0 Å². The Morgan fingerprint density at radius 3 is 2.67 bits per heavy atom. The van der Waals surface area contributed by atoms with Crippen molar-refractivity contribution in [3.05, 3.63) is 43.9 Å². The second kappa shape index (κ2) is 5.28. The number of hydrogen-bond acceptors (Lipinski definition) is 3. The van der Waals surface area contributed by atoms with Crippen LogP contribution in [-0.4, -0.2) is 17.9 Å². The topological polar surface area (TPSA) is 33.5 Å². The third-order valence-electron chi connectivity index (χ3n) is 2.64. The normalized spacial score (nSPS) is 10.7. The molecule has 2 aromatic rings. The lowest BCUT2D eigenvalue weighted by molar-refractivity contribution is 0.0784. The number of thiophene rings is 1. The summed E-state index contributed by atoms with van der Waals surface area (Å²) in [5, 5.41) is 0. The van der Waals surface area contributed by atoms with Crippen LogP contribution in [0.15, 0.2) is 26.4 Å². The highest BCUT2D eigenvalue weighted by Crippen LogP contribution is 2.24. The quantitative estimate of drug-likeness (QED) is 0.853. The second-order valence-corrected chi connectivity index (χ2v) is 6.74. The highest BCUT2D eigenvalue weighted by atomic mass is 79.9. The van der Waals surface area contributed by atoms with E-state index in [1.165, 1.54) is 0 Å². The van der Waals surface area contributed by atoms with Gasteiger partial charge >= 0.3 is 0 Å². The van der Waals surface area contributed by atoms with Crippen molar-refractivity contribution in [2.75, 3.05) is 7.05 Å². The molecule has 0 spiro atoms. The first kappa shape index (κ1) is 13.4. The highest BCUT2D eigenvalue weighted by molar-refractivity contribution is 9.11. The third kappa shape index (κ3) is 2.84. The molecule has 1 amide bonds. The van der Waals surface area contributed by atoms with E-state index in [1.54, 1.807) is 29.4 Å². The molecule has 0 aliphatic heterocycles. The number of amides is 1. The first-order valence-electron chi connectivity index (χ1n) is 5.54. The lowest BCUT2D eigenvalue weighted by Crippen LogP contribution is -2.25. The summed E-state index contributed by atoms with van der Waals surface area (Å²) in [5.41, 5.74) is 0.644. The van der Waals surface area contributed by atoms with Crippen molar-refractivity contribution in [2.45, 2.75) is 20.4 Å². The molecule has 0 unspecified atom stereocenters. The molecule has 96 valence electrons. The molecule has 0 aliphatic carbocycles. The van der Waals surface area contributed by atoms with Crippen molar-refractivity contribution in [3.8, 4) is 0 Å². The van der Waals surface area contributed by atoms with E-state index in [1.807, 2.05) is 26.0 Å². The van der Waals surface area contributed by atoms with Crippen LogP contribution in [0.1, 0.15) is 26.8 Å². The Balaban J connectivity index is 2.11. The molecule has 5 heteroatoms. The fourth-order valence-corrected chi connectivity index (χ4v) is 3.33. The van der Waals surface area contributed by atoms with Gasteiger partial charge in [0.05, 0.1) is 15.9 Å². The van der Waals surface area contributed by atoms with Gasteiger partial charge in [0.1, 0.15) is 11.5 Å². The summed E-state index contributed by atoms with van der Waals surface area (Å²) in [7, 11) is 1.80. The van der Waals surface area contributed by atoms with Crippen molar-refractivity contribution in [3.63, 3.8) is 0 Å². The molecule has 18 heavy (non-hydrogen) atoms. The van der Waals surface area contributed by atoms with Gasteiger partial charge in [-0.1, -0.05) is 0 Å². The zero-order valence-corrected chi connectivity index (χ0v) is 12.9. The Morgan fingerprint density at radius 1 is 1.44 bits per heavy atom. The first-order valence-corrected chi connectivity index (χ1v) is 7.15. The SMILES string of the molecule is Cc1cc(C(=O)N(C)Cc2ccc(Br)s2)c(C)o1. The molecule has 0 aromatic carbocycles. The molecule has 0 aliphatic rings. The molecule has 2 rings (SSSR count). The zero-order valence-electron chi connectivity index (χ0n) is 10.5. The molecule has 2 aromatic heterocycles. The molecule has 2 heterocycles. The number of nitrogens with zero attached hydrogens (tertiary/aromatic N) is 1. The molecular weight excluding hydrogens is 314 g/mol. The smallest absolute Gasteiger partial charge is 0.257 e. The number of hydrogen-bond donors (Lipinski definition) is 0. The summed E-state index contributed by atoms with van der Waals surface area (Å²) in [5.74, 6) is 1.44. The third-order valence-corrected chi connectivity index (χ3v) is 4.25. The molecule has 0 radical (unpaired) electrons. The molecule has 0 fully saturated rings. The Labute approximate surface area is 119 Å². The van der Waals surface area contributed by atoms with Gasteiger partial charge in [0.25, 0.3) is 5.91 Å². The van der Waals surface area contributed by atoms with Crippen LogP contribution in [0.2, 0.25) is 0 Å². The minimum Gasteiger partial charge on any atom is -0.466 e. The van der Waals surface area contributed by atoms with Crippen molar-refractivity contribution in [2.24, 2.45) is 0 Å². The summed E-state index contributed by atoms with van der Waals surface area (Å²) in [6.07, 6.45) is 0. The van der Waals surface area contributed by atoms with Gasteiger partial charge in [-0.15, -0.1) is 11.3 Å². The molecule has 0 atom stereocenters. The Morgan fingerprint density at radius 2 is 2.17 bits per heavy atom. The van der Waals surface area contributed by atoms with Gasteiger partial charge in [0.15, 0.2) is 0 Å². The van der Waals surface area contributed by atoms with Crippen LogP contribution in [0.3, 0.4) is 0 Å². The molecular formula is C13H14BrNO2S. The number of carbonyl (C=O) groups is 1. The van der Waals surface area contributed by atoms with E-state index in [9.17, 15) is 4.79 Å². The van der Waals surface area contributed by atoms with Crippen LogP contribution >= 0.6 is 27.3 Å². The predicted molar refractivity (Wildman–Crippen MR) is 76.0 cm³/mol. The lowest BCUT2D eigenvalue weighted by atomic mass is 10.2. The first-order chi connectivity index (χ1) is 8.47. The van der Waals surface area contributed by atoms with E-state index >= 15 is 0 Å². The van der Waals surface area contributed by atoms with Crippen LogP contribution in [-0.2, 0) is 6.54 Å². The maximum Gasteiger partial charge on any atom is 0.257 e. The molecule has 0 N–H and O–H groups in total. The fourth-order valence-electron chi connectivity index (χ4n) is 1.79. The van der Waals surface area contributed by atoms with Crippen LogP contribution in [0.5, 0.6) is 0 Å². The van der Waals surface area contributed by atoms with E-state index in [-0.39, 0.29) is 5.91 Å². The molecule has 0 bridgehead atoms. The largest absolute Gasteiger partial charge is 0.466 e. The van der Waals surface area contributed by atoms with Crippen molar-refractivity contribution >= 4 is 33.2 Å². The fraction of sp³-hybridized carbons (Fsp3) is 0.308. The summed E-state index contributed by atoms with van der Waals surface area (Å²) >= 11 is 5.06. The van der Waals surface area contributed by atoms with E-state index in [0.717, 1.165) is 14.4 Å². The average Bonchev–Trinajstić information content (AvgIpc) is 2.84. The van der Waals surface area contributed by atoms with Crippen molar-refractivity contribution in [1.29, 1.82) is 0 Å². The summed E-state index contributed by atoms with van der Waals surface area (Å²) < 4.78 is 6.47. The van der Waals surface area contributed by atoms with Crippen LogP contribution < -0.4 is 0 Å². The van der Waals surface area contributed by atoms with Gasteiger partial charge in [0.2, 0.25) is 0 Å². The number of carbonyl (C=O) groups excluding carboxylic acids is 1. The molecule has 0 saturated carbocycles. The maximum absolute atomic E-state index is 12.2. The van der Waals surface area contributed by atoms with Gasteiger partial charge in [-0.2, -0.15) is 0 Å². The number of rotatable bonds is 3. The summed E-state index contributed by atoms with van der Waals surface area (Å²) in [4.78, 5) is 15.1. The summed E-state index contributed by atoms with van der Waals surface area (Å²) in [6.45, 7) is 4.27.